The van der Waals surface area contributed by atoms with Crippen molar-refractivity contribution in [1.29, 1.82) is 0 Å². The number of para-hydroxylation sites is 1. The summed E-state index contributed by atoms with van der Waals surface area (Å²) in [5, 5.41) is 2.40. The summed E-state index contributed by atoms with van der Waals surface area (Å²) in [5.41, 5.74) is 0.793. The molecule has 1 N–H and O–H groups in total. The highest BCUT2D eigenvalue weighted by Crippen LogP contribution is 2.20. The molecule has 0 radical (unpaired) electrons. The zero-order valence-electron chi connectivity index (χ0n) is 13.2. The fourth-order valence-electron chi connectivity index (χ4n) is 2.43. The molecule has 0 bridgehead atoms. The Hall–Kier alpha value is -3.42. The predicted octanol–water partition coefficient (Wildman–Crippen LogP) is 1.68. The summed E-state index contributed by atoms with van der Waals surface area (Å²) in [6.45, 7) is -0.479. The normalized spacial score (nSPS) is 15.6. The summed E-state index contributed by atoms with van der Waals surface area (Å²) in [7, 11) is 1.17. The molecule has 3 rings (SSSR count). The average Bonchev–Trinajstić information content (AvgIpc) is 3.15. The van der Waals surface area contributed by atoms with Gasteiger partial charge in [0.1, 0.15) is 18.1 Å². The maximum Gasteiger partial charge on any atom is 0.329 e. The smallest absolute Gasteiger partial charge is 0.329 e. The summed E-state index contributed by atoms with van der Waals surface area (Å²) >= 11 is 0. The maximum atomic E-state index is 14.0. The minimum Gasteiger partial charge on any atom is -0.468 e. The third-order valence-electron chi connectivity index (χ3n) is 3.66. The van der Waals surface area contributed by atoms with E-state index in [9.17, 15) is 18.8 Å². The van der Waals surface area contributed by atoms with Crippen LogP contribution in [0.2, 0.25) is 0 Å². The molecule has 2 aromatic rings. The number of halogens is 1. The molecular weight excluding hydrogens is 329 g/mol. The standard InChI is InChI=1S/C17H14FN3O4/c1-25-15(22)10-21-16(23)13(19-17(21)24)9-11-5-4-8-20(11)14-7-3-2-6-12(14)18/h2-9H,10H2,1H3,(H,19,24)/b13-9+. The van der Waals surface area contributed by atoms with Gasteiger partial charge < -0.3 is 14.6 Å². The molecule has 3 amide bonds. The van der Waals surface area contributed by atoms with Crippen molar-refractivity contribution in [2.75, 3.05) is 13.7 Å². The summed E-state index contributed by atoms with van der Waals surface area (Å²) in [6, 6.07) is 8.82. The number of carbonyl (C=O) groups excluding carboxylic acids is 3. The number of amides is 3. The Morgan fingerprint density at radius 2 is 2.00 bits per heavy atom. The van der Waals surface area contributed by atoms with Gasteiger partial charge in [-0.2, -0.15) is 0 Å². The average molecular weight is 343 g/mol. The molecule has 1 aliphatic rings. The molecule has 1 aromatic heterocycles. The van der Waals surface area contributed by atoms with Gasteiger partial charge in [0.25, 0.3) is 5.91 Å². The molecule has 128 valence electrons. The first-order valence-electron chi connectivity index (χ1n) is 7.35. The lowest BCUT2D eigenvalue weighted by molar-refractivity contribution is -0.143. The van der Waals surface area contributed by atoms with Crippen LogP contribution in [0, 0.1) is 5.82 Å². The largest absolute Gasteiger partial charge is 0.468 e. The van der Waals surface area contributed by atoms with E-state index in [0.29, 0.717) is 11.4 Å². The van der Waals surface area contributed by atoms with E-state index in [0.717, 1.165) is 4.90 Å². The van der Waals surface area contributed by atoms with Crippen LogP contribution in [0.5, 0.6) is 0 Å². The number of methoxy groups -OCH3 is 1. The van der Waals surface area contributed by atoms with E-state index in [1.165, 1.54) is 19.3 Å². The van der Waals surface area contributed by atoms with Gasteiger partial charge in [0.05, 0.1) is 12.8 Å². The van der Waals surface area contributed by atoms with Crippen molar-refractivity contribution in [3.8, 4) is 5.69 Å². The molecule has 0 atom stereocenters. The van der Waals surface area contributed by atoms with E-state index in [1.54, 1.807) is 41.1 Å². The third-order valence-corrected chi connectivity index (χ3v) is 3.66. The fourth-order valence-corrected chi connectivity index (χ4v) is 2.43. The van der Waals surface area contributed by atoms with Gasteiger partial charge >= 0.3 is 12.0 Å². The number of carbonyl (C=O) groups is 3. The van der Waals surface area contributed by atoms with Crippen LogP contribution in [0.1, 0.15) is 5.69 Å². The molecule has 8 heteroatoms. The van der Waals surface area contributed by atoms with Gasteiger partial charge in [0.2, 0.25) is 0 Å². The number of nitrogens with one attached hydrogen (secondary N) is 1. The van der Waals surface area contributed by atoms with Gasteiger partial charge in [-0.25, -0.2) is 14.1 Å². The molecular formula is C17H14FN3O4. The highest BCUT2D eigenvalue weighted by Gasteiger charge is 2.35. The van der Waals surface area contributed by atoms with Crippen LogP contribution in [0.4, 0.5) is 9.18 Å². The van der Waals surface area contributed by atoms with Crippen LogP contribution in [-0.4, -0.2) is 41.0 Å². The van der Waals surface area contributed by atoms with E-state index in [-0.39, 0.29) is 5.70 Å². The Kier molecular flexibility index (Phi) is 4.34. The molecule has 0 unspecified atom stereocenters. The zero-order chi connectivity index (χ0) is 18.0. The number of ether oxygens (including phenoxy) is 1. The number of hydrogen-bond acceptors (Lipinski definition) is 4. The number of benzene rings is 1. The first kappa shape index (κ1) is 16.4. The van der Waals surface area contributed by atoms with Crippen molar-refractivity contribution in [1.82, 2.24) is 14.8 Å². The molecule has 7 nitrogen and oxygen atoms in total. The number of urea groups is 1. The Morgan fingerprint density at radius 3 is 2.72 bits per heavy atom. The Morgan fingerprint density at radius 1 is 1.24 bits per heavy atom. The quantitative estimate of drug-likeness (QED) is 0.520. The van der Waals surface area contributed by atoms with Crippen LogP contribution >= 0.6 is 0 Å². The second-order valence-corrected chi connectivity index (χ2v) is 5.21. The first-order valence-corrected chi connectivity index (χ1v) is 7.35. The highest BCUT2D eigenvalue weighted by atomic mass is 19.1. The van der Waals surface area contributed by atoms with Crippen LogP contribution in [-0.2, 0) is 14.3 Å². The molecule has 1 aliphatic heterocycles. The topological polar surface area (TPSA) is 80.6 Å². The molecule has 1 aromatic carbocycles. The van der Waals surface area contributed by atoms with Gasteiger partial charge in [-0.1, -0.05) is 12.1 Å². The van der Waals surface area contributed by atoms with Gasteiger partial charge in [0.15, 0.2) is 0 Å². The van der Waals surface area contributed by atoms with Gasteiger partial charge in [-0.15, -0.1) is 0 Å². The lowest BCUT2D eigenvalue weighted by atomic mass is 10.2. The number of nitrogens with zero attached hydrogens (tertiary/aromatic N) is 2. The minimum atomic E-state index is -0.717. The van der Waals surface area contributed by atoms with Crippen LogP contribution in [0.3, 0.4) is 0 Å². The SMILES string of the molecule is COC(=O)CN1C(=O)N/C(=C/c2cccn2-c2ccccc2F)C1=O. The molecule has 0 spiro atoms. The number of esters is 1. The lowest BCUT2D eigenvalue weighted by Gasteiger charge is -2.09. The van der Waals surface area contributed by atoms with Crippen molar-refractivity contribution >= 4 is 24.0 Å². The first-order chi connectivity index (χ1) is 12.0. The Balaban J connectivity index is 1.92. The van der Waals surface area contributed by atoms with Crippen molar-refractivity contribution in [3.63, 3.8) is 0 Å². The van der Waals surface area contributed by atoms with Crippen molar-refractivity contribution in [3.05, 3.63) is 59.8 Å². The van der Waals surface area contributed by atoms with Crippen LogP contribution in [0.25, 0.3) is 11.8 Å². The van der Waals surface area contributed by atoms with Crippen LogP contribution < -0.4 is 5.32 Å². The summed E-state index contributed by atoms with van der Waals surface area (Å²) in [5.74, 6) is -1.79. The molecule has 2 heterocycles. The van der Waals surface area contributed by atoms with E-state index in [4.69, 9.17) is 0 Å². The summed E-state index contributed by atoms with van der Waals surface area (Å²) < 4.78 is 20.0. The van der Waals surface area contributed by atoms with Crippen molar-refractivity contribution < 1.29 is 23.5 Å². The number of imide groups is 1. The molecule has 0 aliphatic carbocycles. The number of rotatable bonds is 4. The zero-order valence-corrected chi connectivity index (χ0v) is 13.2. The van der Waals surface area contributed by atoms with E-state index in [2.05, 4.69) is 10.1 Å². The molecule has 1 fully saturated rings. The number of aromatic nitrogens is 1. The lowest BCUT2D eigenvalue weighted by Crippen LogP contribution is -2.36. The predicted molar refractivity (Wildman–Crippen MR) is 86.0 cm³/mol. The second-order valence-electron chi connectivity index (χ2n) is 5.21. The second kappa shape index (κ2) is 6.60. The van der Waals surface area contributed by atoms with E-state index in [1.807, 2.05) is 0 Å². The molecule has 25 heavy (non-hydrogen) atoms. The Labute approximate surface area is 142 Å². The fraction of sp³-hybridized carbons (Fsp3) is 0.118. The third kappa shape index (κ3) is 3.14. The molecule has 0 saturated carbocycles. The monoisotopic (exact) mass is 343 g/mol. The van der Waals surface area contributed by atoms with Crippen LogP contribution in [0.15, 0.2) is 48.3 Å². The highest BCUT2D eigenvalue weighted by molar-refractivity contribution is 6.15. The Bertz CT molecular complexity index is 888. The number of hydrogen-bond donors (Lipinski definition) is 1. The minimum absolute atomic E-state index is 0.00908. The van der Waals surface area contributed by atoms with E-state index < -0.39 is 30.3 Å². The molecule has 1 saturated heterocycles. The van der Waals surface area contributed by atoms with Crippen molar-refractivity contribution in [2.24, 2.45) is 0 Å². The summed E-state index contributed by atoms with van der Waals surface area (Å²) in [6.07, 6.45) is 3.06. The van der Waals surface area contributed by atoms with E-state index >= 15 is 0 Å². The summed E-state index contributed by atoms with van der Waals surface area (Å²) in [4.78, 5) is 36.2. The maximum absolute atomic E-state index is 14.0. The van der Waals surface area contributed by atoms with Gasteiger partial charge in [0, 0.05) is 11.9 Å². The van der Waals surface area contributed by atoms with Gasteiger partial charge in [-0.05, 0) is 30.3 Å². The van der Waals surface area contributed by atoms with Crippen molar-refractivity contribution in [2.45, 2.75) is 0 Å². The van der Waals surface area contributed by atoms with Gasteiger partial charge in [-0.3, -0.25) is 9.59 Å².